The third kappa shape index (κ3) is 4.72. The molecule has 3 rings (SSSR count). The van der Waals surface area contributed by atoms with Gasteiger partial charge in [0.2, 0.25) is 5.91 Å². The van der Waals surface area contributed by atoms with E-state index in [0.29, 0.717) is 24.0 Å². The van der Waals surface area contributed by atoms with Crippen LogP contribution in [0.4, 0.5) is 5.69 Å². The fourth-order valence-corrected chi connectivity index (χ4v) is 4.69. The third-order valence-electron chi connectivity index (χ3n) is 5.93. The van der Waals surface area contributed by atoms with Gasteiger partial charge in [-0.15, -0.1) is 0 Å². The molecule has 1 aromatic rings. The Bertz CT molecular complexity index is 613. The van der Waals surface area contributed by atoms with Crippen LogP contribution in [-0.2, 0) is 4.79 Å². The third-order valence-corrected chi connectivity index (χ3v) is 6.16. The quantitative estimate of drug-likeness (QED) is 0.851. The van der Waals surface area contributed by atoms with Crippen LogP contribution in [-0.4, -0.2) is 53.5 Å². The molecule has 0 aromatic heterocycles. The summed E-state index contributed by atoms with van der Waals surface area (Å²) in [5.41, 5.74) is 1.07. The van der Waals surface area contributed by atoms with E-state index in [9.17, 15) is 4.79 Å². The first-order chi connectivity index (χ1) is 12.4. The predicted octanol–water partition coefficient (Wildman–Crippen LogP) is 4.25. The molecular weight excluding hydrogens is 346 g/mol. The van der Waals surface area contributed by atoms with Gasteiger partial charge in [-0.1, -0.05) is 17.7 Å². The summed E-state index contributed by atoms with van der Waals surface area (Å²) in [6.45, 7) is 9.46. The van der Waals surface area contributed by atoms with Crippen molar-refractivity contribution in [3.05, 3.63) is 29.3 Å². The zero-order chi connectivity index (χ0) is 18.7. The highest BCUT2D eigenvalue weighted by Gasteiger charge is 2.33. The molecule has 0 radical (unpaired) electrons. The molecule has 4 nitrogen and oxygen atoms in total. The zero-order valence-electron chi connectivity index (χ0n) is 16.2. The summed E-state index contributed by atoms with van der Waals surface area (Å²) in [5.74, 6) is 0.576. The van der Waals surface area contributed by atoms with Crippen LogP contribution in [0.25, 0.3) is 0 Å². The lowest BCUT2D eigenvalue weighted by Crippen LogP contribution is -2.56. The van der Waals surface area contributed by atoms with Gasteiger partial charge in [0.1, 0.15) is 0 Å². The number of amides is 1. The number of piperazine rings is 1. The molecule has 5 heteroatoms. The average molecular weight is 378 g/mol. The van der Waals surface area contributed by atoms with E-state index in [0.717, 1.165) is 56.0 Å². The standard InChI is InChI=1S/C21H32ClN3O/c1-15(2)25-12-11-24(14-16(25)3)21(26)17-7-9-19(10-8-17)23-20-6-4-5-18(22)13-20/h4-6,13,15-17,19,23H,7-12,14H2,1-3H3/t16?,17-,19+. The largest absolute Gasteiger partial charge is 0.382 e. The molecule has 1 amide bonds. The fourth-order valence-electron chi connectivity index (χ4n) is 4.50. The Morgan fingerprint density at radius 2 is 1.92 bits per heavy atom. The van der Waals surface area contributed by atoms with E-state index < -0.39 is 0 Å². The number of anilines is 1. The number of carbonyl (C=O) groups is 1. The predicted molar refractivity (Wildman–Crippen MR) is 109 cm³/mol. The Morgan fingerprint density at radius 1 is 1.19 bits per heavy atom. The highest BCUT2D eigenvalue weighted by Crippen LogP contribution is 2.29. The molecule has 26 heavy (non-hydrogen) atoms. The Labute approximate surface area is 162 Å². The smallest absolute Gasteiger partial charge is 0.225 e. The number of rotatable bonds is 4. The molecule has 2 fully saturated rings. The SMILES string of the molecule is CC(C)N1CCN(C(=O)[C@H]2CC[C@@H](Nc3cccc(Cl)c3)CC2)CC1C. The summed E-state index contributed by atoms with van der Waals surface area (Å²) in [6.07, 6.45) is 4.06. The van der Waals surface area contributed by atoms with E-state index >= 15 is 0 Å². The molecule has 1 aromatic carbocycles. The van der Waals surface area contributed by atoms with E-state index in [1.807, 2.05) is 18.2 Å². The lowest BCUT2D eigenvalue weighted by molar-refractivity contribution is -0.139. The number of carbonyl (C=O) groups excluding carboxylic acids is 1. The lowest BCUT2D eigenvalue weighted by Gasteiger charge is -2.43. The number of hydrogen-bond acceptors (Lipinski definition) is 3. The molecule has 1 aliphatic carbocycles. The molecule has 1 aliphatic heterocycles. The van der Waals surface area contributed by atoms with Gasteiger partial charge in [0.25, 0.3) is 0 Å². The van der Waals surface area contributed by atoms with Crippen LogP contribution in [0.1, 0.15) is 46.5 Å². The molecule has 144 valence electrons. The van der Waals surface area contributed by atoms with Gasteiger partial charge in [-0.25, -0.2) is 0 Å². The molecule has 1 saturated carbocycles. The van der Waals surface area contributed by atoms with E-state index in [1.165, 1.54) is 0 Å². The Hall–Kier alpha value is -1.26. The van der Waals surface area contributed by atoms with Crippen molar-refractivity contribution < 1.29 is 4.79 Å². The van der Waals surface area contributed by atoms with Crippen molar-refractivity contribution in [3.8, 4) is 0 Å². The van der Waals surface area contributed by atoms with Crippen LogP contribution in [0.15, 0.2) is 24.3 Å². The van der Waals surface area contributed by atoms with E-state index in [4.69, 9.17) is 11.6 Å². The lowest BCUT2D eigenvalue weighted by atomic mass is 9.84. The summed E-state index contributed by atoms with van der Waals surface area (Å²) in [7, 11) is 0. The van der Waals surface area contributed by atoms with Crippen LogP contribution in [0, 0.1) is 5.92 Å². The molecule has 2 aliphatic rings. The molecule has 0 spiro atoms. The Kier molecular flexibility index (Phi) is 6.46. The molecule has 1 unspecified atom stereocenters. The van der Waals surface area contributed by atoms with Crippen molar-refractivity contribution in [3.63, 3.8) is 0 Å². The normalized spacial score (nSPS) is 27.6. The second kappa shape index (κ2) is 8.62. The van der Waals surface area contributed by atoms with Gasteiger partial charge in [-0.05, 0) is 64.7 Å². The van der Waals surface area contributed by atoms with Crippen LogP contribution >= 0.6 is 11.6 Å². The fraction of sp³-hybridized carbons (Fsp3) is 0.667. The van der Waals surface area contributed by atoms with Crippen molar-refractivity contribution >= 4 is 23.2 Å². The summed E-state index contributed by atoms with van der Waals surface area (Å²) in [5, 5.41) is 4.33. The number of halogens is 1. The van der Waals surface area contributed by atoms with Gasteiger partial charge in [0.15, 0.2) is 0 Å². The van der Waals surface area contributed by atoms with Crippen molar-refractivity contribution in [1.29, 1.82) is 0 Å². The summed E-state index contributed by atoms with van der Waals surface area (Å²) < 4.78 is 0. The molecular formula is C21H32ClN3O. The minimum atomic E-state index is 0.199. The first-order valence-electron chi connectivity index (χ1n) is 10.0. The highest BCUT2D eigenvalue weighted by molar-refractivity contribution is 6.30. The minimum Gasteiger partial charge on any atom is -0.382 e. The summed E-state index contributed by atoms with van der Waals surface area (Å²) in [6, 6.07) is 9.32. The van der Waals surface area contributed by atoms with Crippen LogP contribution < -0.4 is 5.32 Å². The minimum absolute atomic E-state index is 0.199. The summed E-state index contributed by atoms with van der Waals surface area (Å²) in [4.78, 5) is 17.6. The first-order valence-corrected chi connectivity index (χ1v) is 10.4. The molecule has 1 atom stereocenters. The Morgan fingerprint density at radius 3 is 2.54 bits per heavy atom. The van der Waals surface area contributed by atoms with Gasteiger partial charge >= 0.3 is 0 Å². The van der Waals surface area contributed by atoms with Crippen LogP contribution in [0.2, 0.25) is 5.02 Å². The van der Waals surface area contributed by atoms with Crippen molar-refractivity contribution in [1.82, 2.24) is 9.80 Å². The topological polar surface area (TPSA) is 35.6 Å². The van der Waals surface area contributed by atoms with Gasteiger partial charge in [0, 0.05) is 54.4 Å². The molecule has 1 N–H and O–H groups in total. The van der Waals surface area contributed by atoms with Gasteiger partial charge < -0.3 is 10.2 Å². The molecule has 1 heterocycles. The van der Waals surface area contributed by atoms with Crippen molar-refractivity contribution in [2.45, 2.75) is 64.6 Å². The highest BCUT2D eigenvalue weighted by atomic mass is 35.5. The van der Waals surface area contributed by atoms with Crippen LogP contribution in [0.3, 0.4) is 0 Å². The number of nitrogens with zero attached hydrogens (tertiary/aromatic N) is 2. The molecule has 1 saturated heterocycles. The van der Waals surface area contributed by atoms with Crippen molar-refractivity contribution in [2.75, 3.05) is 25.0 Å². The first kappa shape index (κ1) is 19.5. The Balaban J connectivity index is 1.48. The van der Waals surface area contributed by atoms with E-state index in [-0.39, 0.29) is 5.92 Å². The maximum absolute atomic E-state index is 13.0. The van der Waals surface area contributed by atoms with E-state index in [2.05, 4.69) is 42.0 Å². The van der Waals surface area contributed by atoms with Crippen LogP contribution in [0.5, 0.6) is 0 Å². The summed E-state index contributed by atoms with van der Waals surface area (Å²) >= 11 is 6.06. The monoisotopic (exact) mass is 377 g/mol. The van der Waals surface area contributed by atoms with Gasteiger partial charge in [-0.3, -0.25) is 9.69 Å². The maximum atomic E-state index is 13.0. The number of hydrogen-bond donors (Lipinski definition) is 1. The van der Waals surface area contributed by atoms with E-state index in [1.54, 1.807) is 0 Å². The molecule has 0 bridgehead atoms. The number of nitrogens with one attached hydrogen (secondary N) is 1. The second-order valence-electron chi connectivity index (χ2n) is 8.17. The average Bonchev–Trinajstić information content (AvgIpc) is 2.61. The van der Waals surface area contributed by atoms with Gasteiger partial charge in [-0.2, -0.15) is 0 Å². The second-order valence-corrected chi connectivity index (χ2v) is 8.60. The zero-order valence-corrected chi connectivity index (χ0v) is 17.0. The van der Waals surface area contributed by atoms with Crippen molar-refractivity contribution in [2.24, 2.45) is 5.92 Å². The van der Waals surface area contributed by atoms with Gasteiger partial charge in [0.05, 0.1) is 0 Å². The number of benzene rings is 1. The maximum Gasteiger partial charge on any atom is 0.225 e.